The molecule has 6 rings (SSSR count). The molecule has 5 aromatic carbocycles. The van der Waals surface area contributed by atoms with Gasteiger partial charge in [-0.05, 0) is 69.1 Å². The molecule has 5 aromatic rings. The molecule has 1 aliphatic heterocycles. The third-order valence-electron chi connectivity index (χ3n) is 11.5. The molecule has 0 saturated carbocycles. The Morgan fingerprint density at radius 2 is 1.38 bits per heavy atom. The minimum Gasteiger partial charge on any atom is -0.493 e. The lowest BCUT2D eigenvalue weighted by molar-refractivity contribution is -0.384. The van der Waals surface area contributed by atoms with Crippen LogP contribution in [-0.2, 0) is 19.9 Å². The molecule has 2 unspecified atom stereocenters. The molecule has 0 radical (unpaired) electrons. The van der Waals surface area contributed by atoms with E-state index in [0.717, 1.165) is 16.7 Å². The molecular formula is C51H56N4O9. The quantitative estimate of drug-likeness (QED) is 0.0300. The van der Waals surface area contributed by atoms with Crippen molar-refractivity contribution in [2.75, 3.05) is 47.0 Å². The number of ether oxygens (including phenoxy) is 3. The third kappa shape index (κ3) is 10.0. The third-order valence-corrected chi connectivity index (χ3v) is 11.5. The summed E-state index contributed by atoms with van der Waals surface area (Å²) in [6.07, 6.45) is -1.01. The molecule has 1 heterocycles. The first-order chi connectivity index (χ1) is 30.7. The summed E-state index contributed by atoms with van der Waals surface area (Å²) in [5.41, 5.74) is 1.73. The number of para-hydroxylation sites is 2. The topological polar surface area (TPSA) is 164 Å². The Labute approximate surface area is 374 Å². The number of allylic oxidation sites excluding steroid dienone is 1. The maximum absolute atomic E-state index is 14.0. The number of carboxylic acid groups (broad SMARTS) is 1. The lowest BCUT2D eigenvalue weighted by Crippen LogP contribution is -2.63. The van der Waals surface area contributed by atoms with Gasteiger partial charge in [-0.1, -0.05) is 115 Å². The molecular weight excluding hydrogens is 813 g/mol. The lowest BCUT2D eigenvalue weighted by Gasteiger charge is -2.54. The molecule has 13 heteroatoms. The van der Waals surface area contributed by atoms with Crippen molar-refractivity contribution >= 4 is 17.6 Å². The van der Waals surface area contributed by atoms with Crippen LogP contribution in [0.25, 0.3) is 0 Å². The van der Waals surface area contributed by atoms with Crippen LogP contribution in [0.2, 0.25) is 0 Å². The Morgan fingerprint density at radius 3 is 1.89 bits per heavy atom. The molecule has 0 amide bonds. The maximum Gasteiger partial charge on any atom is 0.336 e. The second kappa shape index (κ2) is 20.6. The number of likely N-dealkylation sites (N-methyl/N-ethyl adjacent to an activating group) is 1. The number of nitro groups is 1. The average Bonchev–Trinajstić information content (AvgIpc) is 3.28. The molecule has 334 valence electrons. The van der Waals surface area contributed by atoms with Crippen LogP contribution in [0.3, 0.4) is 0 Å². The summed E-state index contributed by atoms with van der Waals surface area (Å²) in [4.78, 5) is 42.6. The molecule has 0 spiro atoms. The van der Waals surface area contributed by atoms with Crippen LogP contribution in [0.15, 0.2) is 162 Å². The smallest absolute Gasteiger partial charge is 0.336 e. The predicted octanol–water partition coefficient (Wildman–Crippen LogP) is 7.91. The van der Waals surface area contributed by atoms with Crippen molar-refractivity contribution < 1.29 is 38.9 Å². The number of rotatable bonds is 20. The van der Waals surface area contributed by atoms with Gasteiger partial charge in [0.2, 0.25) is 0 Å². The van der Waals surface area contributed by atoms with E-state index in [1.807, 2.05) is 78.7 Å². The molecule has 13 nitrogen and oxygen atoms in total. The van der Waals surface area contributed by atoms with Crippen molar-refractivity contribution in [3.05, 3.63) is 194 Å². The second-order valence-electron chi connectivity index (χ2n) is 16.4. The van der Waals surface area contributed by atoms with Crippen LogP contribution < -0.4 is 14.8 Å². The van der Waals surface area contributed by atoms with Crippen molar-refractivity contribution in [3.63, 3.8) is 0 Å². The number of nitrogens with one attached hydrogen (secondary N) is 1. The molecule has 64 heavy (non-hydrogen) atoms. The molecule has 0 fully saturated rings. The number of dihydropyridines is 1. The number of methoxy groups -OCH3 is 1. The number of nitro benzene ring substituents is 1. The minimum absolute atomic E-state index is 0.0177. The average molecular weight is 869 g/mol. The van der Waals surface area contributed by atoms with Crippen LogP contribution in [-0.4, -0.2) is 95.5 Å². The highest BCUT2D eigenvalue weighted by molar-refractivity contribution is 5.99. The van der Waals surface area contributed by atoms with Crippen LogP contribution in [0.5, 0.6) is 11.5 Å². The SMILES string of the molecule is CCOC(=O)C1=C(CN(C)CC(C)(C)N(CC(O)COc2ccccc2OC)C(c2ccccc2)(c2ccccc2)c2ccccc2)NC(C)=C(C(=O)O)C1c1cccc([N+](=O)[O-])c1. The summed E-state index contributed by atoms with van der Waals surface area (Å²) < 4.78 is 17.3. The number of aliphatic carboxylic acids is 1. The van der Waals surface area contributed by atoms with Gasteiger partial charge in [0.05, 0.1) is 41.2 Å². The first-order valence-corrected chi connectivity index (χ1v) is 21.1. The van der Waals surface area contributed by atoms with E-state index in [1.165, 1.54) is 18.2 Å². The van der Waals surface area contributed by atoms with Crippen molar-refractivity contribution in [1.82, 2.24) is 15.1 Å². The summed E-state index contributed by atoms with van der Waals surface area (Å²) in [7, 11) is 3.47. The van der Waals surface area contributed by atoms with Gasteiger partial charge < -0.3 is 29.7 Å². The van der Waals surface area contributed by atoms with Crippen molar-refractivity contribution in [2.45, 2.75) is 50.8 Å². The highest BCUT2D eigenvalue weighted by Gasteiger charge is 2.49. The zero-order valence-corrected chi connectivity index (χ0v) is 37.1. The number of esters is 1. The number of carboxylic acids is 1. The van der Waals surface area contributed by atoms with E-state index >= 15 is 0 Å². The van der Waals surface area contributed by atoms with Crippen LogP contribution in [0, 0.1) is 10.1 Å². The monoisotopic (exact) mass is 868 g/mol. The van der Waals surface area contributed by atoms with E-state index in [2.05, 4.69) is 60.5 Å². The van der Waals surface area contributed by atoms with Crippen molar-refractivity contribution in [1.29, 1.82) is 0 Å². The van der Waals surface area contributed by atoms with Gasteiger partial charge in [0.25, 0.3) is 5.69 Å². The van der Waals surface area contributed by atoms with Gasteiger partial charge in [0, 0.05) is 48.7 Å². The molecule has 0 aromatic heterocycles. The Hall–Kier alpha value is -6.80. The Morgan fingerprint density at radius 1 is 0.828 bits per heavy atom. The summed E-state index contributed by atoms with van der Waals surface area (Å²) in [6.45, 7) is 8.05. The van der Waals surface area contributed by atoms with Gasteiger partial charge in [0.15, 0.2) is 11.5 Å². The van der Waals surface area contributed by atoms with E-state index in [-0.39, 0.29) is 54.4 Å². The first kappa shape index (κ1) is 46.7. The Bertz CT molecular complexity index is 2380. The largest absolute Gasteiger partial charge is 0.493 e. The molecule has 0 saturated heterocycles. The first-order valence-electron chi connectivity index (χ1n) is 21.1. The number of aliphatic hydroxyl groups is 1. The second-order valence-corrected chi connectivity index (χ2v) is 16.4. The van der Waals surface area contributed by atoms with E-state index in [4.69, 9.17) is 14.2 Å². The van der Waals surface area contributed by atoms with Gasteiger partial charge in [-0.25, -0.2) is 9.59 Å². The number of carbonyl (C=O) groups is 2. The highest BCUT2D eigenvalue weighted by Crippen LogP contribution is 2.47. The van der Waals surface area contributed by atoms with Gasteiger partial charge in [0.1, 0.15) is 12.7 Å². The van der Waals surface area contributed by atoms with Crippen molar-refractivity contribution in [2.24, 2.45) is 0 Å². The number of hydrogen-bond acceptors (Lipinski definition) is 11. The molecule has 3 N–H and O–H groups in total. The van der Waals surface area contributed by atoms with Gasteiger partial charge >= 0.3 is 11.9 Å². The van der Waals surface area contributed by atoms with Gasteiger partial charge in [-0.3, -0.25) is 19.9 Å². The fraction of sp³-hybridized carbons (Fsp3) is 0.294. The van der Waals surface area contributed by atoms with Crippen LogP contribution in [0.4, 0.5) is 5.69 Å². The zero-order valence-electron chi connectivity index (χ0n) is 37.1. The van der Waals surface area contributed by atoms with Crippen LogP contribution >= 0.6 is 0 Å². The highest BCUT2D eigenvalue weighted by atomic mass is 16.6. The maximum atomic E-state index is 14.0. The molecule has 0 aliphatic carbocycles. The van der Waals surface area contributed by atoms with Gasteiger partial charge in [-0.15, -0.1) is 0 Å². The summed E-state index contributed by atoms with van der Waals surface area (Å²) in [5.74, 6) is -2.15. The number of carbonyl (C=O) groups excluding carboxylic acids is 1. The predicted molar refractivity (Wildman–Crippen MR) is 245 cm³/mol. The van der Waals surface area contributed by atoms with Crippen LogP contribution in [0.1, 0.15) is 55.9 Å². The van der Waals surface area contributed by atoms with E-state index in [9.17, 15) is 29.9 Å². The summed E-state index contributed by atoms with van der Waals surface area (Å²) in [5, 5.41) is 37.8. The minimum atomic E-state index is -1.28. The lowest BCUT2D eigenvalue weighted by atomic mass is 9.73. The van der Waals surface area contributed by atoms with Crippen molar-refractivity contribution in [3.8, 4) is 11.5 Å². The van der Waals surface area contributed by atoms with E-state index < -0.39 is 40.0 Å². The number of benzene rings is 5. The fourth-order valence-corrected chi connectivity index (χ4v) is 9.01. The molecule has 2 atom stereocenters. The Kier molecular flexibility index (Phi) is 15.0. The number of non-ortho nitro benzene ring substituents is 1. The number of β-amino-alcohol motifs (C(OH)–C–C–N with tert-alkyl or cyclic N) is 1. The van der Waals surface area contributed by atoms with E-state index in [1.54, 1.807) is 39.2 Å². The molecule has 1 aliphatic rings. The normalized spacial score (nSPS) is 14.9. The van der Waals surface area contributed by atoms with Gasteiger partial charge in [-0.2, -0.15) is 0 Å². The summed E-state index contributed by atoms with van der Waals surface area (Å²) in [6, 6.07) is 43.5. The Balaban J connectivity index is 1.48. The number of nitrogens with zero attached hydrogens (tertiary/aromatic N) is 3. The molecule has 0 bridgehead atoms. The zero-order chi connectivity index (χ0) is 46.0. The van der Waals surface area contributed by atoms with E-state index in [0.29, 0.717) is 23.7 Å². The number of aliphatic hydroxyl groups excluding tert-OH is 1. The fourth-order valence-electron chi connectivity index (χ4n) is 9.01. The number of hydrogen-bond donors (Lipinski definition) is 3. The summed E-state index contributed by atoms with van der Waals surface area (Å²) >= 11 is 0. The standard InChI is InChI=1S/C51H56N4O9/c1-7-63-49(59)47-42(52-35(2)45(48(57)58)46(47)36-20-19-27-40(30-36)55(60)61)32-53(5)34-50(3,4)54(31-41(56)33-64-44-29-18-17-28-43(44)62-6)51(37-21-11-8-12-22-37,38-23-13-9-14-24-38)39-25-15-10-16-26-39/h8-30,41,46,52,56H,7,31-34H2,1-6H3,(H,57,58).